The molecule has 96 valence electrons. The predicted octanol–water partition coefficient (Wildman–Crippen LogP) is 1.30. The molecule has 0 heterocycles. The fourth-order valence-corrected chi connectivity index (χ4v) is 1.27. The van der Waals surface area contributed by atoms with Crippen molar-refractivity contribution in [3.05, 3.63) is 35.9 Å². The second kappa shape index (κ2) is 7.11. The van der Waals surface area contributed by atoms with Crippen LogP contribution in [0.3, 0.4) is 0 Å². The number of rotatable bonds is 6. The first-order chi connectivity index (χ1) is 8.61. The summed E-state index contributed by atoms with van der Waals surface area (Å²) in [5, 5.41) is 10.6. The Bertz CT molecular complexity index is 454. The molecule has 1 amide bonds. The number of hydrogen-bond acceptors (Lipinski definition) is 3. The minimum Gasteiger partial charge on any atom is -0.494 e. The van der Waals surface area contributed by atoms with Crippen LogP contribution in [-0.4, -0.2) is 30.1 Å². The van der Waals surface area contributed by atoms with Gasteiger partial charge in [0, 0.05) is 6.08 Å². The van der Waals surface area contributed by atoms with Gasteiger partial charge in [-0.15, -0.1) is 0 Å². The Labute approximate surface area is 105 Å². The van der Waals surface area contributed by atoms with Crippen molar-refractivity contribution in [2.45, 2.75) is 6.92 Å². The average Bonchev–Trinajstić information content (AvgIpc) is 2.35. The molecular formula is C13H15NO4. The van der Waals surface area contributed by atoms with Gasteiger partial charge in [-0.2, -0.15) is 0 Å². The lowest BCUT2D eigenvalue weighted by Crippen LogP contribution is -2.27. The summed E-state index contributed by atoms with van der Waals surface area (Å²) in [6.07, 6.45) is 2.88. The number of carboxylic acid groups (broad SMARTS) is 1. The van der Waals surface area contributed by atoms with Gasteiger partial charge in [0.25, 0.3) is 0 Å². The maximum Gasteiger partial charge on any atom is 0.322 e. The van der Waals surface area contributed by atoms with Crippen LogP contribution >= 0.6 is 0 Å². The molecule has 0 aliphatic heterocycles. The van der Waals surface area contributed by atoms with Crippen LogP contribution in [0.4, 0.5) is 0 Å². The lowest BCUT2D eigenvalue weighted by atomic mass is 10.2. The van der Waals surface area contributed by atoms with Crippen molar-refractivity contribution in [3.8, 4) is 5.75 Å². The summed E-state index contributed by atoms with van der Waals surface area (Å²) in [7, 11) is 0. The summed E-state index contributed by atoms with van der Waals surface area (Å²) in [6.45, 7) is 2.08. The van der Waals surface area contributed by atoms with Gasteiger partial charge in [0.1, 0.15) is 12.3 Å². The predicted molar refractivity (Wildman–Crippen MR) is 67.3 cm³/mol. The topological polar surface area (TPSA) is 75.6 Å². The highest BCUT2D eigenvalue weighted by atomic mass is 16.5. The van der Waals surface area contributed by atoms with Crippen molar-refractivity contribution >= 4 is 18.0 Å². The molecule has 0 aliphatic rings. The fourth-order valence-electron chi connectivity index (χ4n) is 1.27. The fraction of sp³-hybridized carbons (Fsp3) is 0.231. The van der Waals surface area contributed by atoms with Gasteiger partial charge in [0.15, 0.2) is 0 Å². The molecule has 0 radical (unpaired) electrons. The molecule has 0 bridgehead atoms. The average molecular weight is 249 g/mol. The van der Waals surface area contributed by atoms with Crippen LogP contribution in [0.5, 0.6) is 5.75 Å². The molecule has 0 aliphatic carbocycles. The third-order valence-electron chi connectivity index (χ3n) is 2.01. The van der Waals surface area contributed by atoms with Crippen molar-refractivity contribution in [3.63, 3.8) is 0 Å². The number of benzene rings is 1. The second-order valence-corrected chi connectivity index (χ2v) is 3.45. The first kappa shape index (κ1) is 13.8. The molecule has 0 spiro atoms. The summed E-state index contributed by atoms with van der Waals surface area (Å²) in [5.74, 6) is -0.792. The van der Waals surface area contributed by atoms with Gasteiger partial charge in [-0.05, 0) is 30.7 Å². The minimum atomic E-state index is -1.07. The summed E-state index contributed by atoms with van der Waals surface area (Å²) < 4.78 is 5.32. The number of nitrogens with one attached hydrogen (secondary N) is 1. The number of hydrogen-bond donors (Lipinski definition) is 2. The van der Waals surface area contributed by atoms with Crippen LogP contribution in [0.15, 0.2) is 30.3 Å². The van der Waals surface area contributed by atoms with Crippen molar-refractivity contribution in [1.29, 1.82) is 0 Å². The number of carbonyl (C=O) groups is 2. The number of amides is 1. The summed E-state index contributed by atoms with van der Waals surface area (Å²) in [5.41, 5.74) is 0.812. The van der Waals surface area contributed by atoms with Gasteiger partial charge in [-0.1, -0.05) is 12.1 Å². The van der Waals surface area contributed by atoms with Crippen LogP contribution in [-0.2, 0) is 9.59 Å². The number of carbonyl (C=O) groups excluding carboxylic acids is 1. The Morgan fingerprint density at radius 2 is 2.22 bits per heavy atom. The molecule has 18 heavy (non-hydrogen) atoms. The van der Waals surface area contributed by atoms with Crippen LogP contribution in [0, 0.1) is 0 Å². The van der Waals surface area contributed by atoms with Crippen LogP contribution in [0.1, 0.15) is 12.5 Å². The molecule has 0 saturated carbocycles. The smallest absolute Gasteiger partial charge is 0.322 e. The van der Waals surface area contributed by atoms with Gasteiger partial charge in [0.2, 0.25) is 5.91 Å². The molecule has 0 fully saturated rings. The van der Waals surface area contributed by atoms with E-state index in [0.29, 0.717) is 6.61 Å². The van der Waals surface area contributed by atoms with E-state index in [4.69, 9.17) is 9.84 Å². The van der Waals surface area contributed by atoms with E-state index in [1.807, 2.05) is 25.1 Å². The molecule has 1 rings (SSSR count). The highest BCUT2D eigenvalue weighted by Gasteiger charge is 1.99. The molecule has 5 nitrogen and oxygen atoms in total. The minimum absolute atomic E-state index is 0.387. The Morgan fingerprint density at radius 3 is 2.89 bits per heavy atom. The standard InChI is InChI=1S/C13H15NO4/c1-2-18-11-5-3-4-10(8-11)6-7-12(15)14-9-13(16)17/h3-8H,2,9H2,1H3,(H,14,15)(H,16,17)/b7-6+. The van der Waals surface area contributed by atoms with E-state index in [-0.39, 0.29) is 6.54 Å². The molecule has 0 aromatic heterocycles. The largest absolute Gasteiger partial charge is 0.494 e. The number of ether oxygens (including phenoxy) is 1. The van der Waals surface area contributed by atoms with Crippen LogP contribution < -0.4 is 10.1 Å². The maximum absolute atomic E-state index is 11.2. The Kier molecular flexibility index (Phi) is 5.44. The summed E-state index contributed by atoms with van der Waals surface area (Å²) in [4.78, 5) is 21.5. The molecule has 0 atom stereocenters. The van der Waals surface area contributed by atoms with Gasteiger partial charge in [-0.3, -0.25) is 9.59 Å². The first-order valence-electron chi connectivity index (χ1n) is 5.52. The third-order valence-corrected chi connectivity index (χ3v) is 2.01. The van der Waals surface area contributed by atoms with Crippen molar-refractivity contribution in [1.82, 2.24) is 5.32 Å². The van der Waals surface area contributed by atoms with E-state index >= 15 is 0 Å². The number of carboxylic acids is 1. The lowest BCUT2D eigenvalue weighted by Gasteiger charge is -2.03. The third kappa shape index (κ3) is 5.16. The monoisotopic (exact) mass is 249 g/mol. The molecule has 1 aromatic rings. The van der Waals surface area contributed by atoms with Gasteiger partial charge in [-0.25, -0.2) is 0 Å². The van der Waals surface area contributed by atoms with Gasteiger partial charge >= 0.3 is 5.97 Å². The Morgan fingerprint density at radius 1 is 1.44 bits per heavy atom. The van der Waals surface area contributed by atoms with Gasteiger partial charge < -0.3 is 15.2 Å². The zero-order chi connectivity index (χ0) is 13.4. The summed E-state index contributed by atoms with van der Waals surface area (Å²) in [6, 6.07) is 7.26. The van der Waals surface area contributed by atoms with Crippen LogP contribution in [0.25, 0.3) is 6.08 Å². The zero-order valence-electron chi connectivity index (χ0n) is 10.1. The van der Waals surface area contributed by atoms with Gasteiger partial charge in [0.05, 0.1) is 6.61 Å². The van der Waals surface area contributed by atoms with Crippen molar-refractivity contribution < 1.29 is 19.4 Å². The molecule has 0 unspecified atom stereocenters. The van der Waals surface area contributed by atoms with E-state index in [2.05, 4.69) is 5.32 Å². The lowest BCUT2D eigenvalue weighted by molar-refractivity contribution is -0.137. The highest BCUT2D eigenvalue weighted by Crippen LogP contribution is 2.14. The maximum atomic E-state index is 11.2. The summed E-state index contributed by atoms with van der Waals surface area (Å²) >= 11 is 0. The van der Waals surface area contributed by atoms with Crippen molar-refractivity contribution in [2.24, 2.45) is 0 Å². The Hall–Kier alpha value is -2.30. The first-order valence-corrected chi connectivity index (χ1v) is 5.52. The molecule has 2 N–H and O–H groups in total. The quantitative estimate of drug-likeness (QED) is 0.745. The van der Waals surface area contributed by atoms with Crippen molar-refractivity contribution in [2.75, 3.05) is 13.2 Å². The second-order valence-electron chi connectivity index (χ2n) is 3.45. The van der Waals surface area contributed by atoms with E-state index in [1.54, 1.807) is 12.1 Å². The SMILES string of the molecule is CCOc1cccc(/C=C/C(=O)NCC(=O)O)c1. The molecule has 5 heteroatoms. The molecule has 1 aromatic carbocycles. The number of aliphatic carboxylic acids is 1. The van der Waals surface area contributed by atoms with Crippen LogP contribution in [0.2, 0.25) is 0 Å². The van der Waals surface area contributed by atoms with E-state index in [9.17, 15) is 9.59 Å². The van der Waals surface area contributed by atoms with E-state index in [0.717, 1.165) is 11.3 Å². The highest BCUT2D eigenvalue weighted by molar-refractivity contribution is 5.93. The Balaban J connectivity index is 2.57. The van der Waals surface area contributed by atoms with E-state index < -0.39 is 11.9 Å². The molecule has 0 saturated heterocycles. The van der Waals surface area contributed by atoms with E-state index in [1.165, 1.54) is 6.08 Å². The molecular weight excluding hydrogens is 234 g/mol. The zero-order valence-corrected chi connectivity index (χ0v) is 10.1. The normalized spacial score (nSPS) is 10.3.